The maximum atomic E-state index is 2.48. The lowest BCUT2D eigenvalue weighted by molar-refractivity contribution is 1.17. The van der Waals surface area contributed by atoms with Crippen molar-refractivity contribution in [2.75, 3.05) is 9.80 Å². The zero-order chi connectivity index (χ0) is 40.7. The Balaban J connectivity index is 1.24. The van der Waals surface area contributed by atoms with Crippen LogP contribution in [0.25, 0.3) is 55.8 Å². The van der Waals surface area contributed by atoms with Crippen molar-refractivity contribution in [2.24, 2.45) is 0 Å². The third-order valence-corrected chi connectivity index (χ3v) is 12.0. The zero-order valence-corrected chi connectivity index (χ0v) is 34.6. The number of rotatable bonds is 7. The molecule has 10 rings (SSSR count). The van der Waals surface area contributed by atoms with Crippen LogP contribution in [-0.4, -0.2) is 4.57 Å². The molecule has 0 spiro atoms. The summed E-state index contributed by atoms with van der Waals surface area (Å²) in [6, 6.07) is 58.2. The van der Waals surface area contributed by atoms with Crippen LogP contribution in [-0.2, 0) is 0 Å². The van der Waals surface area contributed by atoms with Crippen molar-refractivity contribution >= 4 is 67.5 Å². The number of aryl methyl sites for hydroxylation is 1. The Labute approximate surface area is 353 Å². The molecule has 0 saturated carbocycles. The van der Waals surface area contributed by atoms with Gasteiger partial charge in [0.1, 0.15) is 0 Å². The first-order valence-corrected chi connectivity index (χ1v) is 21.1. The van der Waals surface area contributed by atoms with Gasteiger partial charge < -0.3 is 14.4 Å². The van der Waals surface area contributed by atoms with Crippen molar-refractivity contribution in [2.45, 2.75) is 34.1 Å². The van der Waals surface area contributed by atoms with Gasteiger partial charge >= 0.3 is 0 Å². The van der Waals surface area contributed by atoms with Crippen LogP contribution >= 0.6 is 0 Å². The SMILES string of the molecule is C/C=C\C=C/C1=Cc2ccccc2N(c2ccc3c(c2)c2cc(N4C(/C=C\CC)=C(C)c5ccccc5-c5ccccc54)ccc2n3-c2ccc(C)cc2)c2ccccc21. The predicted octanol–water partition coefficient (Wildman–Crippen LogP) is 16.1. The number of fused-ring (bicyclic) bond motifs is 8. The molecule has 290 valence electrons. The number of hydrogen-bond donors (Lipinski definition) is 0. The number of aromatic nitrogens is 1. The molecule has 7 aromatic carbocycles. The van der Waals surface area contributed by atoms with E-state index in [1.807, 2.05) is 0 Å². The van der Waals surface area contributed by atoms with Crippen molar-refractivity contribution in [3.05, 3.63) is 222 Å². The Morgan fingerprint density at radius 2 is 1.07 bits per heavy atom. The van der Waals surface area contributed by atoms with Crippen LogP contribution in [0.2, 0.25) is 0 Å². The number of para-hydroxylation sites is 3. The molecule has 0 bridgehead atoms. The number of anilines is 5. The van der Waals surface area contributed by atoms with E-state index in [0.29, 0.717) is 0 Å². The van der Waals surface area contributed by atoms with Gasteiger partial charge in [-0.25, -0.2) is 0 Å². The normalized spacial score (nSPS) is 13.8. The second-order valence-corrected chi connectivity index (χ2v) is 15.7. The average Bonchev–Trinajstić information content (AvgIpc) is 3.47. The van der Waals surface area contributed by atoms with Gasteiger partial charge in [0.05, 0.1) is 28.1 Å². The number of allylic oxidation sites excluding steroid dienone is 8. The fourth-order valence-electron chi connectivity index (χ4n) is 9.12. The summed E-state index contributed by atoms with van der Waals surface area (Å²) < 4.78 is 2.43. The van der Waals surface area contributed by atoms with Gasteiger partial charge in [0.15, 0.2) is 0 Å². The Kier molecular flexibility index (Phi) is 9.50. The molecule has 0 N–H and O–H groups in total. The molecule has 2 aliphatic heterocycles. The van der Waals surface area contributed by atoms with Gasteiger partial charge in [0, 0.05) is 44.7 Å². The third kappa shape index (κ3) is 6.22. The van der Waals surface area contributed by atoms with Crippen LogP contribution in [0.3, 0.4) is 0 Å². The summed E-state index contributed by atoms with van der Waals surface area (Å²) in [5.41, 5.74) is 20.1. The summed E-state index contributed by atoms with van der Waals surface area (Å²) in [5.74, 6) is 0. The van der Waals surface area contributed by atoms with Gasteiger partial charge in [-0.2, -0.15) is 0 Å². The molecule has 8 aromatic rings. The fourth-order valence-corrected chi connectivity index (χ4v) is 9.12. The summed E-state index contributed by atoms with van der Waals surface area (Å²) in [6.07, 6.45) is 16.4. The molecule has 0 saturated heterocycles. The van der Waals surface area contributed by atoms with E-state index in [-0.39, 0.29) is 0 Å². The van der Waals surface area contributed by atoms with Crippen molar-refractivity contribution in [3.8, 4) is 16.8 Å². The van der Waals surface area contributed by atoms with E-state index in [2.05, 4.69) is 242 Å². The van der Waals surface area contributed by atoms with Crippen LogP contribution in [0.1, 0.15) is 49.4 Å². The van der Waals surface area contributed by atoms with Gasteiger partial charge in [-0.1, -0.05) is 134 Å². The van der Waals surface area contributed by atoms with Gasteiger partial charge in [-0.15, -0.1) is 0 Å². The maximum Gasteiger partial charge on any atom is 0.0542 e. The molecule has 3 heterocycles. The third-order valence-electron chi connectivity index (χ3n) is 12.0. The zero-order valence-electron chi connectivity index (χ0n) is 34.6. The summed E-state index contributed by atoms with van der Waals surface area (Å²) >= 11 is 0. The molecule has 3 nitrogen and oxygen atoms in total. The minimum Gasteiger partial charge on any atom is -0.310 e. The molecule has 0 atom stereocenters. The summed E-state index contributed by atoms with van der Waals surface area (Å²) in [6.45, 7) is 8.68. The van der Waals surface area contributed by atoms with E-state index in [1.54, 1.807) is 0 Å². The van der Waals surface area contributed by atoms with Gasteiger partial charge in [0.25, 0.3) is 0 Å². The van der Waals surface area contributed by atoms with E-state index in [4.69, 9.17) is 0 Å². The second-order valence-electron chi connectivity index (χ2n) is 15.7. The highest BCUT2D eigenvalue weighted by Gasteiger charge is 2.27. The monoisotopic (exact) mass is 773 g/mol. The Morgan fingerprint density at radius 1 is 0.500 bits per heavy atom. The first kappa shape index (κ1) is 36.9. The molecule has 2 aliphatic rings. The molecule has 0 unspecified atom stereocenters. The number of hydrogen-bond acceptors (Lipinski definition) is 2. The van der Waals surface area contributed by atoms with E-state index in [1.165, 1.54) is 77.7 Å². The topological polar surface area (TPSA) is 11.4 Å². The lowest BCUT2D eigenvalue weighted by Gasteiger charge is -2.28. The Morgan fingerprint density at radius 3 is 1.75 bits per heavy atom. The van der Waals surface area contributed by atoms with Crippen molar-refractivity contribution < 1.29 is 0 Å². The fraction of sp³-hybridized carbons (Fsp3) is 0.0877. The quantitative estimate of drug-likeness (QED) is 0.149. The summed E-state index contributed by atoms with van der Waals surface area (Å²) in [5, 5.41) is 2.40. The van der Waals surface area contributed by atoms with Gasteiger partial charge in [-0.3, -0.25) is 0 Å². The minimum absolute atomic E-state index is 0.950. The highest BCUT2D eigenvalue weighted by atomic mass is 15.2. The largest absolute Gasteiger partial charge is 0.310 e. The van der Waals surface area contributed by atoms with Crippen LogP contribution < -0.4 is 9.80 Å². The molecular weight excluding hydrogens is 727 g/mol. The lowest BCUT2D eigenvalue weighted by Crippen LogP contribution is -2.16. The molecule has 0 aliphatic carbocycles. The van der Waals surface area contributed by atoms with Crippen molar-refractivity contribution in [3.63, 3.8) is 0 Å². The van der Waals surface area contributed by atoms with E-state index < -0.39 is 0 Å². The van der Waals surface area contributed by atoms with Crippen LogP contribution in [0, 0.1) is 6.92 Å². The molecule has 3 heteroatoms. The van der Waals surface area contributed by atoms with Gasteiger partial charge in [0.2, 0.25) is 0 Å². The van der Waals surface area contributed by atoms with E-state index in [9.17, 15) is 0 Å². The van der Waals surface area contributed by atoms with Crippen molar-refractivity contribution in [1.29, 1.82) is 0 Å². The summed E-state index contributed by atoms with van der Waals surface area (Å²) in [7, 11) is 0. The maximum absolute atomic E-state index is 2.48. The smallest absolute Gasteiger partial charge is 0.0542 e. The Hall–Kier alpha value is -7.36. The molecule has 0 amide bonds. The second kappa shape index (κ2) is 15.4. The average molecular weight is 774 g/mol. The predicted molar refractivity (Wildman–Crippen MR) is 258 cm³/mol. The molecule has 0 radical (unpaired) electrons. The lowest BCUT2D eigenvalue weighted by atomic mass is 9.95. The summed E-state index contributed by atoms with van der Waals surface area (Å²) in [4.78, 5) is 4.92. The van der Waals surface area contributed by atoms with Crippen LogP contribution in [0.15, 0.2) is 200 Å². The first-order valence-electron chi connectivity index (χ1n) is 21.1. The van der Waals surface area contributed by atoms with E-state index >= 15 is 0 Å². The molecule has 60 heavy (non-hydrogen) atoms. The Bertz CT molecular complexity index is 3110. The highest BCUT2D eigenvalue weighted by molar-refractivity contribution is 6.13. The van der Waals surface area contributed by atoms with Crippen LogP contribution in [0.4, 0.5) is 28.4 Å². The molecule has 1 aromatic heterocycles. The highest BCUT2D eigenvalue weighted by Crippen LogP contribution is 2.49. The van der Waals surface area contributed by atoms with E-state index in [0.717, 1.165) is 34.9 Å². The molecular formula is C57H47N3. The first-order chi connectivity index (χ1) is 29.5. The number of nitrogens with zero attached hydrogens (tertiary/aromatic N) is 3. The minimum atomic E-state index is 0.950. The van der Waals surface area contributed by atoms with Crippen molar-refractivity contribution in [1.82, 2.24) is 4.57 Å². The van der Waals surface area contributed by atoms with Gasteiger partial charge in [-0.05, 0) is 134 Å². The molecule has 0 fully saturated rings. The van der Waals surface area contributed by atoms with Crippen LogP contribution in [0.5, 0.6) is 0 Å². The number of benzene rings is 7. The standard InChI is InChI=1S/C57H47N3/c1-5-7-9-18-41-36-42-19-10-15-25-53(42)60(54-26-16-13-21-47(41)54)45-33-35-57-51(38-45)50-37-44(32-34-56(50)58(57)43-30-28-39(3)29-31-43)59-52(24-8-6-2)40(4)46-20-11-12-22-48(46)49-23-14-17-27-55(49)59/h5,7-38H,6H2,1-4H3/b7-5-,18-9-,24-8-.